The van der Waals surface area contributed by atoms with E-state index in [0.717, 1.165) is 18.8 Å². The van der Waals surface area contributed by atoms with Crippen molar-refractivity contribution in [3.8, 4) is 11.5 Å². The fourth-order valence-electron chi connectivity index (χ4n) is 6.78. The Bertz CT molecular complexity index is 913. The van der Waals surface area contributed by atoms with Gasteiger partial charge in [-0.1, -0.05) is 33.1 Å². The normalized spacial score (nSPS) is 20.8. The van der Waals surface area contributed by atoms with Crippen molar-refractivity contribution >= 4 is 63.7 Å². The Kier molecular flexibility index (Phi) is 8.00. The molecule has 2 nitrogen and oxygen atoms in total. The lowest BCUT2D eigenvalue weighted by Gasteiger charge is -2.52. The van der Waals surface area contributed by atoms with Crippen molar-refractivity contribution in [3.63, 3.8) is 0 Å². The third kappa shape index (κ3) is 4.72. The van der Waals surface area contributed by atoms with Gasteiger partial charge in [-0.3, -0.25) is 0 Å². The van der Waals surface area contributed by atoms with Crippen LogP contribution < -0.4 is 0 Å². The van der Waals surface area contributed by atoms with E-state index in [1.54, 1.807) is 0 Å². The summed E-state index contributed by atoms with van der Waals surface area (Å²) in [5.41, 5.74) is 2.69. The molecule has 2 N–H and O–H groups in total. The summed E-state index contributed by atoms with van der Waals surface area (Å²) in [5, 5.41) is 20.7. The van der Waals surface area contributed by atoms with E-state index in [2.05, 4.69) is 102 Å². The van der Waals surface area contributed by atoms with Crippen LogP contribution in [-0.4, -0.2) is 10.2 Å². The highest BCUT2D eigenvalue weighted by Gasteiger charge is 2.47. The Morgan fingerprint density at radius 2 is 1.09 bits per heavy atom. The van der Waals surface area contributed by atoms with E-state index < -0.39 is 0 Å². The van der Waals surface area contributed by atoms with Crippen molar-refractivity contribution in [1.82, 2.24) is 0 Å². The molecule has 6 heteroatoms. The third-order valence-electron chi connectivity index (χ3n) is 8.73. The number of rotatable bonds is 4. The van der Waals surface area contributed by atoms with Gasteiger partial charge in [-0.2, -0.15) is 0 Å². The number of hydrogen-bond acceptors (Lipinski definition) is 2. The topological polar surface area (TPSA) is 40.5 Å². The molecule has 2 aromatic carbocycles. The molecule has 0 bridgehead atoms. The summed E-state index contributed by atoms with van der Waals surface area (Å²) in [5.74, 6) is 1.93. The Labute approximate surface area is 231 Å². The Morgan fingerprint density at radius 1 is 0.697 bits per heavy atom. The van der Waals surface area contributed by atoms with E-state index in [0.29, 0.717) is 29.2 Å². The summed E-state index contributed by atoms with van der Waals surface area (Å²) in [7, 11) is 0. The molecule has 0 spiro atoms. The van der Waals surface area contributed by atoms with E-state index in [1.807, 2.05) is 0 Å². The van der Waals surface area contributed by atoms with Gasteiger partial charge in [0.15, 0.2) is 0 Å². The van der Waals surface area contributed by atoms with E-state index in [4.69, 9.17) is 0 Å². The van der Waals surface area contributed by atoms with Crippen LogP contribution >= 0.6 is 63.7 Å². The predicted octanol–water partition coefficient (Wildman–Crippen LogP) is 10.2. The van der Waals surface area contributed by atoms with Crippen LogP contribution in [0.15, 0.2) is 42.2 Å². The second kappa shape index (κ2) is 10.1. The first-order valence-electron chi connectivity index (χ1n) is 12.0. The van der Waals surface area contributed by atoms with E-state index in [9.17, 15) is 10.2 Å². The molecule has 0 atom stereocenters. The first kappa shape index (κ1) is 26.0. The summed E-state index contributed by atoms with van der Waals surface area (Å²) in [6.45, 7) is 4.88. The SMILES string of the molecule is CC(C)C1(C2CCC(c3cc(Br)c(O)c(Br)c3)(c3cc(Br)c(O)c(Br)c3)CC2)CCCCC1. The van der Waals surface area contributed by atoms with Crippen LogP contribution in [0.25, 0.3) is 0 Å². The Balaban J connectivity index is 1.78. The second-order valence-electron chi connectivity index (χ2n) is 10.4. The number of phenolic OH excluding ortho intramolecular Hbond substituents is 2. The van der Waals surface area contributed by atoms with Crippen molar-refractivity contribution in [2.45, 2.75) is 77.0 Å². The molecule has 0 amide bonds. The zero-order valence-corrected chi connectivity index (χ0v) is 25.6. The first-order valence-corrected chi connectivity index (χ1v) is 15.1. The van der Waals surface area contributed by atoms with Gasteiger partial charge in [-0.15, -0.1) is 0 Å². The van der Waals surface area contributed by atoms with Gasteiger partial charge in [0.2, 0.25) is 0 Å². The van der Waals surface area contributed by atoms with E-state index in [1.165, 1.54) is 56.1 Å². The maximum absolute atomic E-state index is 10.4. The standard InChI is InChI=1S/C27H32Br4O2/c1-16(2)26(8-4-3-5-9-26)17-6-10-27(11-7-17,18-12-20(28)24(32)21(29)13-18)19-14-22(30)25(33)23(31)15-19/h12-17,32-33H,3-11H2,1-2H3. The Morgan fingerprint density at radius 3 is 1.45 bits per heavy atom. The van der Waals surface area contributed by atoms with Crippen LogP contribution in [0.2, 0.25) is 0 Å². The molecule has 0 saturated heterocycles. The molecule has 0 unspecified atom stereocenters. The molecule has 0 heterocycles. The van der Waals surface area contributed by atoms with Gasteiger partial charge in [0.25, 0.3) is 0 Å². The monoisotopic (exact) mass is 704 g/mol. The lowest BCUT2D eigenvalue weighted by Crippen LogP contribution is -2.43. The van der Waals surface area contributed by atoms with Crippen LogP contribution in [-0.2, 0) is 5.41 Å². The van der Waals surface area contributed by atoms with Crippen LogP contribution in [0.3, 0.4) is 0 Å². The summed E-state index contributed by atoms with van der Waals surface area (Å²) < 4.78 is 2.82. The molecular formula is C27H32Br4O2. The van der Waals surface area contributed by atoms with Crippen LogP contribution in [0.4, 0.5) is 0 Å². The maximum atomic E-state index is 10.4. The molecule has 2 aliphatic rings. The lowest BCUT2D eigenvalue weighted by molar-refractivity contribution is 0.00943. The number of halogens is 4. The van der Waals surface area contributed by atoms with Crippen molar-refractivity contribution in [3.05, 3.63) is 53.3 Å². The van der Waals surface area contributed by atoms with Gasteiger partial charge in [-0.05, 0) is 155 Å². The molecule has 2 aromatic rings. The molecule has 0 aromatic heterocycles. The first-order chi connectivity index (χ1) is 15.6. The highest BCUT2D eigenvalue weighted by atomic mass is 79.9. The van der Waals surface area contributed by atoms with Gasteiger partial charge >= 0.3 is 0 Å². The quantitative estimate of drug-likeness (QED) is 0.332. The lowest BCUT2D eigenvalue weighted by atomic mass is 9.53. The fraction of sp³-hybridized carbons (Fsp3) is 0.556. The van der Waals surface area contributed by atoms with Gasteiger partial charge in [0, 0.05) is 5.41 Å². The van der Waals surface area contributed by atoms with Gasteiger partial charge < -0.3 is 10.2 Å². The molecule has 0 radical (unpaired) electrons. The molecule has 2 fully saturated rings. The van der Waals surface area contributed by atoms with Crippen LogP contribution in [0.1, 0.15) is 82.8 Å². The molecule has 2 saturated carbocycles. The summed E-state index contributed by atoms with van der Waals surface area (Å²) in [6.07, 6.45) is 11.4. The third-order valence-corrected chi connectivity index (χ3v) is 11.1. The predicted molar refractivity (Wildman–Crippen MR) is 150 cm³/mol. The van der Waals surface area contributed by atoms with Crippen molar-refractivity contribution in [2.75, 3.05) is 0 Å². The number of benzene rings is 2. The largest absolute Gasteiger partial charge is 0.506 e. The molecule has 4 rings (SSSR count). The van der Waals surface area contributed by atoms with Crippen LogP contribution in [0.5, 0.6) is 11.5 Å². The van der Waals surface area contributed by atoms with Gasteiger partial charge in [0.1, 0.15) is 11.5 Å². The molecule has 33 heavy (non-hydrogen) atoms. The number of aromatic hydroxyl groups is 2. The zero-order chi connectivity index (χ0) is 24.0. The Hall–Kier alpha value is -0.0400. The minimum atomic E-state index is -0.180. The van der Waals surface area contributed by atoms with E-state index >= 15 is 0 Å². The average Bonchev–Trinajstić information content (AvgIpc) is 2.80. The molecule has 180 valence electrons. The smallest absolute Gasteiger partial charge is 0.143 e. The summed E-state index contributed by atoms with van der Waals surface area (Å²) >= 11 is 14.3. The minimum Gasteiger partial charge on any atom is -0.506 e. The summed E-state index contributed by atoms with van der Waals surface area (Å²) in [4.78, 5) is 0. The van der Waals surface area contributed by atoms with Crippen molar-refractivity contribution in [1.29, 1.82) is 0 Å². The number of hydrogen-bond donors (Lipinski definition) is 2. The van der Waals surface area contributed by atoms with Gasteiger partial charge in [-0.25, -0.2) is 0 Å². The fourth-order valence-corrected chi connectivity index (χ4v) is 9.15. The van der Waals surface area contributed by atoms with Crippen LogP contribution in [0, 0.1) is 17.3 Å². The second-order valence-corrected chi connectivity index (χ2v) is 13.8. The highest BCUT2D eigenvalue weighted by molar-refractivity contribution is 9.11. The van der Waals surface area contributed by atoms with Crippen molar-refractivity contribution < 1.29 is 10.2 Å². The highest BCUT2D eigenvalue weighted by Crippen LogP contribution is 2.58. The van der Waals surface area contributed by atoms with Crippen molar-refractivity contribution in [2.24, 2.45) is 17.3 Å². The zero-order valence-electron chi connectivity index (χ0n) is 19.2. The maximum Gasteiger partial charge on any atom is 0.143 e. The molecule has 2 aliphatic carbocycles. The summed E-state index contributed by atoms with van der Waals surface area (Å²) in [6, 6.07) is 8.31. The molecule has 0 aliphatic heterocycles. The molecular weight excluding hydrogens is 676 g/mol. The number of phenols is 2. The average molecular weight is 708 g/mol. The minimum absolute atomic E-state index is 0.180. The van der Waals surface area contributed by atoms with E-state index in [-0.39, 0.29) is 16.9 Å². The van der Waals surface area contributed by atoms with Gasteiger partial charge in [0.05, 0.1) is 17.9 Å².